The summed E-state index contributed by atoms with van der Waals surface area (Å²) in [5, 5.41) is 17.2. The summed E-state index contributed by atoms with van der Waals surface area (Å²) in [6, 6.07) is 4.85. The largest absolute Gasteiger partial charge is 0.550 e. The van der Waals surface area contributed by atoms with Crippen molar-refractivity contribution in [3.8, 4) is 0 Å². The van der Waals surface area contributed by atoms with Crippen molar-refractivity contribution < 1.29 is 19.5 Å². The molecule has 0 radical (unpaired) electrons. The fourth-order valence-electron chi connectivity index (χ4n) is 3.89. The van der Waals surface area contributed by atoms with Gasteiger partial charge in [0.05, 0.1) is 16.6 Å². The number of carboxylic acids is 1. The fourth-order valence-corrected chi connectivity index (χ4v) is 4.12. The van der Waals surface area contributed by atoms with E-state index in [1.54, 1.807) is 30.4 Å². The van der Waals surface area contributed by atoms with Crippen molar-refractivity contribution in [1.29, 1.82) is 0 Å². The maximum atomic E-state index is 12.5. The molecule has 2 atom stereocenters. The van der Waals surface area contributed by atoms with Crippen LogP contribution in [0.2, 0.25) is 5.02 Å². The molecule has 7 heteroatoms. The molecule has 0 saturated heterocycles. The number of allylic oxidation sites excluding steroid dienone is 2. The Morgan fingerprint density at radius 1 is 0.929 bits per heavy atom. The first-order valence-corrected chi connectivity index (χ1v) is 10.1. The fraction of sp³-hybridized carbons (Fsp3) is 0.476. The molecule has 0 bridgehead atoms. The number of aliphatic carboxylic acids is 1. The lowest BCUT2D eigenvalue weighted by Crippen LogP contribution is -2.41. The summed E-state index contributed by atoms with van der Waals surface area (Å²) in [5.41, 5.74) is 0.959. The molecule has 2 aliphatic carbocycles. The maximum Gasteiger partial charge on any atom is 0.228 e. The second kappa shape index (κ2) is 9.24. The van der Waals surface area contributed by atoms with Crippen LogP contribution in [-0.2, 0) is 14.4 Å². The van der Waals surface area contributed by atoms with E-state index in [0.29, 0.717) is 22.8 Å². The van der Waals surface area contributed by atoms with Gasteiger partial charge in [0.25, 0.3) is 0 Å². The Kier molecular flexibility index (Phi) is 6.73. The molecule has 1 saturated carbocycles. The molecule has 0 aromatic heterocycles. The Hall–Kier alpha value is -2.34. The van der Waals surface area contributed by atoms with Crippen LogP contribution in [0.4, 0.5) is 11.4 Å². The number of carboxylic acid groups (broad SMARTS) is 1. The third-order valence-corrected chi connectivity index (χ3v) is 5.86. The van der Waals surface area contributed by atoms with Crippen molar-refractivity contribution in [2.24, 2.45) is 17.8 Å². The summed E-state index contributed by atoms with van der Waals surface area (Å²) < 4.78 is 0. The standard InChI is InChI=1S/C21H25ClN2O4/c22-17-12-14(23-20(26)15-8-4-5-9-16(15)21(27)28)10-11-18(17)24-19(25)13-6-2-1-3-7-13/h4-5,10-13,15-16H,1-3,6-9H2,(H,23,26)(H,24,25)(H,27,28)/p-1/t15-,16+/m0/s1. The van der Waals surface area contributed by atoms with Gasteiger partial charge in [-0.25, -0.2) is 0 Å². The van der Waals surface area contributed by atoms with E-state index in [2.05, 4.69) is 10.6 Å². The molecule has 2 aliphatic rings. The third kappa shape index (κ3) is 4.93. The molecule has 1 fully saturated rings. The molecule has 2 N–H and O–H groups in total. The van der Waals surface area contributed by atoms with Gasteiger partial charge < -0.3 is 20.5 Å². The Labute approximate surface area is 169 Å². The van der Waals surface area contributed by atoms with Gasteiger partial charge in [0.2, 0.25) is 11.8 Å². The van der Waals surface area contributed by atoms with Crippen molar-refractivity contribution in [2.75, 3.05) is 10.6 Å². The molecular weight excluding hydrogens is 380 g/mol. The molecule has 0 spiro atoms. The molecule has 0 heterocycles. The summed E-state index contributed by atoms with van der Waals surface area (Å²) in [6.07, 6.45) is 9.31. The summed E-state index contributed by atoms with van der Waals surface area (Å²) in [6.45, 7) is 0. The Morgan fingerprint density at radius 3 is 2.25 bits per heavy atom. The average molecular weight is 404 g/mol. The highest BCUT2D eigenvalue weighted by atomic mass is 35.5. The maximum absolute atomic E-state index is 12.5. The summed E-state index contributed by atoms with van der Waals surface area (Å²) in [5.74, 6) is -3.12. The molecule has 0 unspecified atom stereocenters. The first-order chi connectivity index (χ1) is 13.5. The second-order valence-electron chi connectivity index (χ2n) is 7.48. The molecule has 1 aromatic rings. The first-order valence-electron chi connectivity index (χ1n) is 9.73. The van der Waals surface area contributed by atoms with E-state index in [-0.39, 0.29) is 24.2 Å². The van der Waals surface area contributed by atoms with Crippen LogP contribution in [0, 0.1) is 17.8 Å². The number of carbonyl (C=O) groups is 3. The molecule has 28 heavy (non-hydrogen) atoms. The monoisotopic (exact) mass is 403 g/mol. The Bertz CT molecular complexity index is 787. The first kappa shape index (κ1) is 20.4. The van der Waals surface area contributed by atoms with Crippen molar-refractivity contribution in [1.82, 2.24) is 0 Å². The number of benzene rings is 1. The zero-order chi connectivity index (χ0) is 20.1. The van der Waals surface area contributed by atoms with Gasteiger partial charge in [-0.1, -0.05) is 43.0 Å². The number of amides is 2. The van der Waals surface area contributed by atoms with Crippen LogP contribution in [0.5, 0.6) is 0 Å². The normalized spacial score (nSPS) is 22.5. The predicted octanol–water partition coefficient (Wildman–Crippen LogP) is 3.13. The van der Waals surface area contributed by atoms with E-state index in [1.165, 1.54) is 6.42 Å². The number of hydrogen-bond acceptors (Lipinski definition) is 4. The number of halogens is 1. The van der Waals surface area contributed by atoms with Crippen molar-refractivity contribution >= 4 is 40.8 Å². The molecule has 150 valence electrons. The van der Waals surface area contributed by atoms with E-state index in [0.717, 1.165) is 25.7 Å². The topological polar surface area (TPSA) is 98.3 Å². The van der Waals surface area contributed by atoms with Crippen LogP contribution in [0.3, 0.4) is 0 Å². The lowest BCUT2D eigenvalue weighted by molar-refractivity contribution is -0.313. The molecule has 2 amide bonds. The predicted molar refractivity (Wildman–Crippen MR) is 106 cm³/mol. The van der Waals surface area contributed by atoms with Gasteiger partial charge in [0, 0.05) is 23.5 Å². The summed E-state index contributed by atoms with van der Waals surface area (Å²) in [4.78, 5) is 36.2. The van der Waals surface area contributed by atoms with E-state index in [1.807, 2.05) is 0 Å². The zero-order valence-electron chi connectivity index (χ0n) is 15.6. The number of nitrogens with one attached hydrogen (secondary N) is 2. The number of hydrogen-bond donors (Lipinski definition) is 2. The SMILES string of the molecule is O=C(Nc1ccc(NC(=O)[C@H]2CC=CC[C@H]2C(=O)[O-])cc1Cl)C1CCCCC1. The minimum Gasteiger partial charge on any atom is -0.550 e. The van der Waals surface area contributed by atoms with Gasteiger partial charge in [-0.2, -0.15) is 0 Å². The Balaban J connectivity index is 1.63. The van der Waals surface area contributed by atoms with Gasteiger partial charge in [-0.05, 0) is 43.9 Å². The van der Waals surface area contributed by atoms with Crippen LogP contribution in [0.25, 0.3) is 0 Å². The number of rotatable bonds is 5. The van der Waals surface area contributed by atoms with Gasteiger partial charge >= 0.3 is 0 Å². The van der Waals surface area contributed by atoms with Crippen LogP contribution in [0.15, 0.2) is 30.4 Å². The van der Waals surface area contributed by atoms with Crippen molar-refractivity contribution in [3.63, 3.8) is 0 Å². The lowest BCUT2D eigenvalue weighted by atomic mass is 9.82. The summed E-state index contributed by atoms with van der Waals surface area (Å²) >= 11 is 6.28. The molecule has 6 nitrogen and oxygen atoms in total. The average Bonchev–Trinajstić information content (AvgIpc) is 2.70. The van der Waals surface area contributed by atoms with Crippen molar-refractivity contribution in [2.45, 2.75) is 44.9 Å². The minimum absolute atomic E-state index is 0.0186. The highest BCUT2D eigenvalue weighted by Gasteiger charge is 2.30. The molecule has 0 aliphatic heterocycles. The Morgan fingerprint density at radius 2 is 1.61 bits per heavy atom. The van der Waals surface area contributed by atoms with E-state index >= 15 is 0 Å². The molecular formula is C21H24ClN2O4-. The lowest BCUT2D eigenvalue weighted by Gasteiger charge is -2.28. The number of carbonyl (C=O) groups excluding carboxylic acids is 3. The van der Waals surface area contributed by atoms with Gasteiger partial charge in [-0.15, -0.1) is 0 Å². The molecule has 3 rings (SSSR count). The van der Waals surface area contributed by atoms with Crippen LogP contribution < -0.4 is 15.7 Å². The van der Waals surface area contributed by atoms with Crippen LogP contribution in [-0.4, -0.2) is 17.8 Å². The van der Waals surface area contributed by atoms with Gasteiger partial charge in [-0.3, -0.25) is 9.59 Å². The highest BCUT2D eigenvalue weighted by Crippen LogP contribution is 2.30. The van der Waals surface area contributed by atoms with E-state index < -0.39 is 17.8 Å². The number of anilines is 2. The van der Waals surface area contributed by atoms with Gasteiger partial charge in [0.15, 0.2) is 0 Å². The highest BCUT2D eigenvalue weighted by molar-refractivity contribution is 6.34. The van der Waals surface area contributed by atoms with Crippen LogP contribution in [0.1, 0.15) is 44.9 Å². The van der Waals surface area contributed by atoms with Crippen molar-refractivity contribution in [3.05, 3.63) is 35.4 Å². The third-order valence-electron chi connectivity index (χ3n) is 5.54. The minimum atomic E-state index is -1.22. The van der Waals surface area contributed by atoms with E-state index in [9.17, 15) is 19.5 Å². The van der Waals surface area contributed by atoms with E-state index in [4.69, 9.17) is 11.6 Å². The smallest absolute Gasteiger partial charge is 0.228 e. The zero-order valence-corrected chi connectivity index (χ0v) is 16.3. The van der Waals surface area contributed by atoms with Crippen LogP contribution >= 0.6 is 11.6 Å². The second-order valence-corrected chi connectivity index (χ2v) is 7.89. The van der Waals surface area contributed by atoms with Gasteiger partial charge in [0.1, 0.15) is 0 Å². The molecule has 1 aromatic carbocycles. The summed E-state index contributed by atoms with van der Waals surface area (Å²) in [7, 11) is 0. The quantitative estimate of drug-likeness (QED) is 0.738.